The van der Waals surface area contributed by atoms with Crippen molar-refractivity contribution >= 4 is 0 Å². The summed E-state index contributed by atoms with van der Waals surface area (Å²) in [6.45, 7) is 16.5. The number of hydrogen-bond donors (Lipinski definition) is 0. The second-order valence-electron chi connectivity index (χ2n) is 5.85. The van der Waals surface area contributed by atoms with Gasteiger partial charge in [0.1, 0.15) is 0 Å². The van der Waals surface area contributed by atoms with Gasteiger partial charge in [0, 0.05) is 0 Å². The summed E-state index contributed by atoms with van der Waals surface area (Å²) in [6, 6.07) is 0. The van der Waals surface area contributed by atoms with E-state index in [2.05, 4.69) is 54.5 Å². The molecule has 0 amide bonds. The molecule has 0 aromatic carbocycles. The van der Waals surface area contributed by atoms with Gasteiger partial charge in [-0.25, -0.2) is 0 Å². The van der Waals surface area contributed by atoms with E-state index in [4.69, 9.17) is 0 Å². The summed E-state index contributed by atoms with van der Waals surface area (Å²) in [5.41, 5.74) is 2.65. The van der Waals surface area contributed by atoms with Crippen molar-refractivity contribution < 1.29 is 0 Å². The molecule has 0 fully saturated rings. The first-order chi connectivity index (χ1) is 5.69. The van der Waals surface area contributed by atoms with Crippen molar-refractivity contribution in [2.75, 3.05) is 0 Å². The fourth-order valence-corrected chi connectivity index (χ4v) is 2.59. The Bertz CT molecular complexity index is 243. The van der Waals surface area contributed by atoms with Gasteiger partial charge in [-0.1, -0.05) is 53.2 Å². The molecule has 0 spiro atoms. The maximum Gasteiger partial charge on any atom is -0.00870 e. The molecule has 1 atom stereocenters. The molecule has 76 valence electrons. The van der Waals surface area contributed by atoms with Gasteiger partial charge in [0.2, 0.25) is 0 Å². The molecule has 0 saturated heterocycles. The Morgan fingerprint density at radius 2 is 1.54 bits per heavy atom. The van der Waals surface area contributed by atoms with Crippen LogP contribution >= 0.6 is 0 Å². The maximum absolute atomic E-state index is 2.49. The van der Waals surface area contributed by atoms with Crippen LogP contribution in [0.25, 0.3) is 0 Å². The van der Waals surface area contributed by atoms with Crippen molar-refractivity contribution in [3.63, 3.8) is 0 Å². The fraction of sp³-hybridized carbons (Fsp3) is 0.846. The highest BCUT2D eigenvalue weighted by molar-refractivity contribution is 5.29. The molecule has 0 bridgehead atoms. The summed E-state index contributed by atoms with van der Waals surface area (Å²) in [5, 5.41) is 0. The minimum absolute atomic E-state index is 0.345. The molecule has 0 saturated carbocycles. The lowest BCUT2D eigenvalue weighted by Crippen LogP contribution is -2.39. The standard InChI is InChI=1S/C13H24/c1-8-13(7)9-10(2)11(3,4)12(13,5)6/h9H,8H2,1-7H3. The molecule has 13 heavy (non-hydrogen) atoms. The normalized spacial score (nSPS) is 36.1. The summed E-state index contributed by atoms with van der Waals surface area (Å²) >= 11 is 0. The molecule has 1 aliphatic carbocycles. The Kier molecular flexibility index (Phi) is 2.18. The lowest BCUT2D eigenvalue weighted by atomic mass is 9.57. The first kappa shape index (κ1) is 10.8. The van der Waals surface area contributed by atoms with Crippen LogP contribution in [0.5, 0.6) is 0 Å². The Labute approximate surface area is 83.4 Å². The molecular formula is C13H24. The van der Waals surface area contributed by atoms with Crippen molar-refractivity contribution in [2.24, 2.45) is 16.2 Å². The van der Waals surface area contributed by atoms with Crippen LogP contribution in [-0.4, -0.2) is 0 Å². The molecular weight excluding hydrogens is 156 g/mol. The SMILES string of the molecule is CCC1(C)C=C(C)C(C)(C)C1(C)C. The van der Waals surface area contributed by atoms with E-state index in [9.17, 15) is 0 Å². The van der Waals surface area contributed by atoms with E-state index in [0.29, 0.717) is 16.2 Å². The van der Waals surface area contributed by atoms with Crippen molar-refractivity contribution in [3.8, 4) is 0 Å². The third-order valence-corrected chi connectivity index (χ3v) is 5.25. The molecule has 1 aliphatic rings. The Hall–Kier alpha value is -0.260. The second-order valence-corrected chi connectivity index (χ2v) is 5.85. The van der Waals surface area contributed by atoms with Crippen molar-refractivity contribution in [1.29, 1.82) is 0 Å². The summed E-state index contributed by atoms with van der Waals surface area (Å²) in [5.74, 6) is 0. The van der Waals surface area contributed by atoms with Gasteiger partial charge in [-0.2, -0.15) is 0 Å². The van der Waals surface area contributed by atoms with E-state index < -0.39 is 0 Å². The summed E-state index contributed by atoms with van der Waals surface area (Å²) < 4.78 is 0. The molecule has 0 nitrogen and oxygen atoms in total. The molecule has 0 aromatic heterocycles. The van der Waals surface area contributed by atoms with Crippen molar-refractivity contribution in [1.82, 2.24) is 0 Å². The third kappa shape index (κ3) is 1.11. The average Bonchev–Trinajstić information content (AvgIpc) is 2.12. The van der Waals surface area contributed by atoms with Gasteiger partial charge >= 0.3 is 0 Å². The van der Waals surface area contributed by atoms with Gasteiger partial charge in [-0.15, -0.1) is 0 Å². The van der Waals surface area contributed by atoms with E-state index >= 15 is 0 Å². The van der Waals surface area contributed by atoms with Gasteiger partial charge in [0.25, 0.3) is 0 Å². The minimum atomic E-state index is 0.345. The molecule has 0 heterocycles. The predicted octanol–water partition coefficient (Wildman–Crippen LogP) is 4.42. The second kappa shape index (κ2) is 2.62. The van der Waals surface area contributed by atoms with Gasteiger partial charge in [-0.3, -0.25) is 0 Å². The van der Waals surface area contributed by atoms with Crippen LogP contribution in [0.3, 0.4) is 0 Å². The quantitative estimate of drug-likeness (QED) is 0.524. The van der Waals surface area contributed by atoms with E-state index in [-0.39, 0.29) is 0 Å². The van der Waals surface area contributed by atoms with Gasteiger partial charge in [0.15, 0.2) is 0 Å². The highest BCUT2D eigenvalue weighted by Crippen LogP contribution is 2.62. The number of allylic oxidation sites excluding steroid dienone is 2. The van der Waals surface area contributed by atoms with Gasteiger partial charge < -0.3 is 0 Å². The lowest BCUT2D eigenvalue weighted by Gasteiger charge is -2.46. The highest BCUT2D eigenvalue weighted by Gasteiger charge is 2.53. The number of rotatable bonds is 1. The molecule has 1 unspecified atom stereocenters. The van der Waals surface area contributed by atoms with Crippen LogP contribution < -0.4 is 0 Å². The lowest BCUT2D eigenvalue weighted by molar-refractivity contribution is 0.0505. The molecule has 0 radical (unpaired) electrons. The van der Waals surface area contributed by atoms with E-state index in [1.165, 1.54) is 6.42 Å². The third-order valence-electron chi connectivity index (χ3n) is 5.25. The summed E-state index contributed by atoms with van der Waals surface area (Å²) in [4.78, 5) is 0. The largest absolute Gasteiger partial charge is 0.0785 e. The van der Waals surface area contributed by atoms with Gasteiger partial charge in [-0.05, 0) is 29.6 Å². The van der Waals surface area contributed by atoms with Crippen LogP contribution in [0.4, 0.5) is 0 Å². The fourth-order valence-electron chi connectivity index (χ4n) is 2.59. The Morgan fingerprint density at radius 1 is 1.08 bits per heavy atom. The zero-order chi connectivity index (χ0) is 10.5. The van der Waals surface area contributed by atoms with Gasteiger partial charge in [0.05, 0.1) is 0 Å². The van der Waals surface area contributed by atoms with Crippen LogP contribution in [0.1, 0.15) is 54.9 Å². The molecule has 0 N–H and O–H groups in total. The minimum Gasteiger partial charge on any atom is -0.0785 e. The van der Waals surface area contributed by atoms with Crippen LogP contribution in [0.15, 0.2) is 11.6 Å². The van der Waals surface area contributed by atoms with Crippen LogP contribution in [-0.2, 0) is 0 Å². The first-order valence-corrected chi connectivity index (χ1v) is 5.39. The van der Waals surface area contributed by atoms with E-state index in [1.807, 2.05) is 0 Å². The summed E-state index contributed by atoms with van der Waals surface area (Å²) in [6.07, 6.45) is 3.73. The Balaban J connectivity index is 3.23. The monoisotopic (exact) mass is 180 g/mol. The Morgan fingerprint density at radius 3 is 1.69 bits per heavy atom. The zero-order valence-electron chi connectivity index (χ0n) is 10.3. The van der Waals surface area contributed by atoms with E-state index in [0.717, 1.165) is 0 Å². The maximum atomic E-state index is 2.49. The topological polar surface area (TPSA) is 0 Å². The smallest absolute Gasteiger partial charge is 0.00870 e. The highest BCUT2D eigenvalue weighted by atomic mass is 14.6. The molecule has 0 aromatic rings. The van der Waals surface area contributed by atoms with E-state index in [1.54, 1.807) is 5.57 Å². The zero-order valence-corrected chi connectivity index (χ0v) is 10.3. The van der Waals surface area contributed by atoms with Crippen molar-refractivity contribution in [2.45, 2.75) is 54.9 Å². The summed E-state index contributed by atoms with van der Waals surface area (Å²) in [7, 11) is 0. The average molecular weight is 180 g/mol. The molecule has 1 rings (SSSR count). The van der Waals surface area contributed by atoms with Crippen LogP contribution in [0.2, 0.25) is 0 Å². The first-order valence-electron chi connectivity index (χ1n) is 5.39. The van der Waals surface area contributed by atoms with Crippen LogP contribution in [0, 0.1) is 16.2 Å². The van der Waals surface area contributed by atoms with Crippen molar-refractivity contribution in [3.05, 3.63) is 11.6 Å². The predicted molar refractivity (Wildman–Crippen MR) is 59.7 cm³/mol. The molecule has 0 heteroatoms. The number of hydrogen-bond acceptors (Lipinski definition) is 0. The molecule has 0 aliphatic heterocycles.